The number of hydrogen-bond acceptors (Lipinski definition) is 6. The van der Waals surface area contributed by atoms with Gasteiger partial charge in [-0.05, 0) is 37.4 Å². The van der Waals surface area contributed by atoms with E-state index in [2.05, 4.69) is 50.9 Å². The topological polar surface area (TPSA) is 103 Å². The summed E-state index contributed by atoms with van der Waals surface area (Å²) in [6.45, 7) is 2.02. The van der Waals surface area contributed by atoms with Crippen LogP contribution in [0.1, 0.15) is 23.1 Å². The lowest BCUT2D eigenvalue weighted by atomic mass is 9.93. The second-order valence-corrected chi connectivity index (χ2v) is 6.81. The number of nitrogens with two attached hydrogens (primary N) is 1. The number of fused-ring (bicyclic) bond motifs is 1. The third-order valence-corrected chi connectivity index (χ3v) is 4.34. The van der Waals surface area contributed by atoms with Crippen LogP contribution in [0.25, 0.3) is 11.8 Å². The number of nitrogens with zero attached hydrogens (tertiary/aromatic N) is 3. The lowest BCUT2D eigenvalue weighted by Crippen LogP contribution is -2.12. The van der Waals surface area contributed by atoms with Crippen molar-refractivity contribution in [2.24, 2.45) is 4.99 Å². The SMILES string of the molecule is CN(C)Cc1ccc2c(c1)C(OCCCN=c1[nH][s+]([O-])nc1N)=C2. The number of nitrogens with one attached hydrogen (secondary N) is 1. The third kappa shape index (κ3) is 3.84. The average molecular weight is 347 g/mol. The molecule has 1 aliphatic rings. The Hall–Kier alpha value is -2.16. The molecule has 0 saturated carbocycles. The Bertz CT molecular complexity index is 822. The molecule has 0 aliphatic heterocycles. The molecule has 0 saturated heterocycles. The highest BCUT2D eigenvalue weighted by Crippen LogP contribution is 2.34. The van der Waals surface area contributed by atoms with Crippen molar-refractivity contribution in [2.75, 3.05) is 33.0 Å². The highest BCUT2D eigenvalue weighted by Gasteiger charge is 2.18. The molecule has 1 aliphatic carbocycles. The first-order valence-corrected chi connectivity index (χ1v) is 8.83. The van der Waals surface area contributed by atoms with E-state index in [4.69, 9.17) is 10.5 Å². The van der Waals surface area contributed by atoms with Crippen LogP contribution in [0.3, 0.4) is 0 Å². The molecule has 8 heteroatoms. The molecule has 0 radical (unpaired) electrons. The number of hydrogen-bond donors (Lipinski definition) is 2. The monoisotopic (exact) mass is 347 g/mol. The van der Waals surface area contributed by atoms with Gasteiger partial charge in [0.1, 0.15) is 5.76 Å². The van der Waals surface area contributed by atoms with Gasteiger partial charge in [0.25, 0.3) is 0 Å². The van der Waals surface area contributed by atoms with Crippen LogP contribution < -0.4 is 11.2 Å². The number of ether oxygens (including phenoxy) is 1. The molecule has 1 unspecified atom stereocenters. The lowest BCUT2D eigenvalue weighted by molar-refractivity contribution is 0.273. The summed E-state index contributed by atoms with van der Waals surface area (Å²) in [5.74, 6) is 1.12. The van der Waals surface area contributed by atoms with Gasteiger partial charge in [0.15, 0.2) is 11.1 Å². The summed E-state index contributed by atoms with van der Waals surface area (Å²) in [6, 6.07) is 6.45. The Morgan fingerprint density at radius 2 is 2.25 bits per heavy atom. The van der Waals surface area contributed by atoms with E-state index in [0.717, 1.165) is 18.7 Å². The Balaban J connectivity index is 1.48. The van der Waals surface area contributed by atoms with Crippen molar-refractivity contribution in [3.05, 3.63) is 40.4 Å². The number of anilines is 1. The zero-order valence-electron chi connectivity index (χ0n) is 13.8. The predicted molar refractivity (Wildman–Crippen MR) is 94.4 cm³/mol. The van der Waals surface area contributed by atoms with Gasteiger partial charge in [-0.3, -0.25) is 4.99 Å². The van der Waals surface area contributed by atoms with Crippen molar-refractivity contribution in [1.82, 2.24) is 13.6 Å². The Morgan fingerprint density at radius 3 is 2.96 bits per heavy atom. The summed E-state index contributed by atoms with van der Waals surface area (Å²) >= 11 is -1.48. The number of rotatable bonds is 7. The molecular formula is C16H21N5O2S. The molecule has 0 amide bonds. The number of benzene rings is 1. The van der Waals surface area contributed by atoms with Crippen molar-refractivity contribution in [2.45, 2.75) is 13.0 Å². The quantitative estimate of drug-likeness (QED) is 0.585. The molecule has 0 bridgehead atoms. The number of H-pyrrole nitrogens is 1. The van der Waals surface area contributed by atoms with Gasteiger partial charge in [-0.25, -0.2) is 0 Å². The van der Waals surface area contributed by atoms with Crippen LogP contribution in [0.2, 0.25) is 0 Å². The minimum absolute atomic E-state index is 0.193. The maximum atomic E-state index is 11.1. The van der Waals surface area contributed by atoms with Gasteiger partial charge in [-0.1, -0.05) is 12.1 Å². The predicted octanol–water partition coefficient (Wildman–Crippen LogP) is 1.60. The molecule has 1 aromatic heterocycles. The highest BCUT2D eigenvalue weighted by molar-refractivity contribution is 7.13. The van der Waals surface area contributed by atoms with Crippen LogP contribution in [0.5, 0.6) is 0 Å². The van der Waals surface area contributed by atoms with E-state index in [9.17, 15) is 4.55 Å². The average Bonchev–Trinajstić information content (AvgIpc) is 2.82. The molecule has 3 rings (SSSR count). The molecule has 0 fully saturated rings. The summed E-state index contributed by atoms with van der Waals surface area (Å²) < 4.78 is 23.2. The lowest BCUT2D eigenvalue weighted by Gasteiger charge is -2.22. The molecule has 1 atom stereocenters. The Kier molecular flexibility index (Phi) is 4.98. The fourth-order valence-electron chi connectivity index (χ4n) is 2.51. The van der Waals surface area contributed by atoms with Crippen molar-refractivity contribution < 1.29 is 9.29 Å². The van der Waals surface area contributed by atoms with Crippen LogP contribution in [-0.4, -0.2) is 45.4 Å². The zero-order valence-corrected chi connectivity index (χ0v) is 14.6. The Morgan fingerprint density at radius 1 is 1.42 bits per heavy atom. The Labute approximate surface area is 143 Å². The molecule has 128 valence electrons. The second kappa shape index (κ2) is 7.16. The molecule has 1 heterocycles. The number of nitrogen functional groups attached to an aromatic ring is 1. The van der Waals surface area contributed by atoms with Crippen molar-refractivity contribution >= 4 is 28.8 Å². The molecule has 0 spiro atoms. The maximum absolute atomic E-state index is 11.1. The van der Waals surface area contributed by atoms with E-state index in [-0.39, 0.29) is 5.82 Å². The molecule has 7 nitrogen and oxygen atoms in total. The fraction of sp³-hybridized carbons (Fsp3) is 0.375. The summed E-state index contributed by atoms with van der Waals surface area (Å²) in [5.41, 5.74) is 9.64. The molecule has 24 heavy (non-hydrogen) atoms. The van der Waals surface area contributed by atoms with E-state index < -0.39 is 11.1 Å². The summed E-state index contributed by atoms with van der Waals surface area (Å²) in [5, 5.41) is 0. The minimum atomic E-state index is -1.48. The molecule has 2 aromatic rings. The summed E-state index contributed by atoms with van der Waals surface area (Å²) in [7, 11) is 4.11. The van der Waals surface area contributed by atoms with E-state index >= 15 is 0 Å². The first-order valence-electron chi connectivity index (χ1n) is 7.73. The van der Waals surface area contributed by atoms with Gasteiger partial charge in [0, 0.05) is 29.4 Å². The van der Waals surface area contributed by atoms with E-state index in [0.29, 0.717) is 18.6 Å². The van der Waals surface area contributed by atoms with Crippen LogP contribution in [0, 0.1) is 0 Å². The number of aromatic amines is 1. The van der Waals surface area contributed by atoms with Gasteiger partial charge in [0.05, 0.1) is 6.61 Å². The van der Waals surface area contributed by atoms with Gasteiger partial charge < -0.3 is 19.9 Å². The summed E-state index contributed by atoms with van der Waals surface area (Å²) in [6.07, 6.45) is 2.79. The van der Waals surface area contributed by atoms with Crippen molar-refractivity contribution in [3.8, 4) is 0 Å². The first-order chi connectivity index (χ1) is 11.5. The zero-order chi connectivity index (χ0) is 17.1. The van der Waals surface area contributed by atoms with Crippen LogP contribution in [0.15, 0.2) is 23.2 Å². The fourth-order valence-corrected chi connectivity index (χ4v) is 3.15. The minimum Gasteiger partial charge on any atom is -0.548 e. The van der Waals surface area contributed by atoms with Crippen LogP contribution in [0.4, 0.5) is 5.82 Å². The van der Waals surface area contributed by atoms with Gasteiger partial charge in [-0.15, -0.1) is 4.37 Å². The van der Waals surface area contributed by atoms with Crippen molar-refractivity contribution in [1.29, 1.82) is 0 Å². The molecular weight excluding hydrogens is 326 g/mol. The largest absolute Gasteiger partial charge is 0.548 e. The van der Waals surface area contributed by atoms with E-state index in [1.54, 1.807) is 0 Å². The second-order valence-electron chi connectivity index (χ2n) is 5.93. The van der Waals surface area contributed by atoms with E-state index in [1.165, 1.54) is 16.7 Å². The van der Waals surface area contributed by atoms with Gasteiger partial charge >= 0.3 is 0 Å². The highest BCUT2D eigenvalue weighted by atomic mass is 32.2. The van der Waals surface area contributed by atoms with E-state index in [1.807, 2.05) is 6.08 Å². The molecule has 1 aromatic carbocycles. The third-order valence-electron chi connectivity index (χ3n) is 3.61. The first kappa shape index (κ1) is 16.7. The molecule has 3 N–H and O–H groups in total. The number of aromatic nitrogens is 2. The standard InChI is InChI=1S/C16H21N5O2S/c1-21(2)10-11-4-5-12-9-14(13(12)8-11)23-7-3-6-18-16-15(17)19-24(22)20-16/h4-5,8-9H,3,6-7,10H2,1-2H3,(H2,17,19)(H,18,20). The smallest absolute Gasteiger partial charge is 0.229 e. The summed E-state index contributed by atoms with van der Waals surface area (Å²) in [4.78, 5) is 6.38. The van der Waals surface area contributed by atoms with Crippen molar-refractivity contribution in [3.63, 3.8) is 0 Å². The van der Waals surface area contributed by atoms with Gasteiger partial charge in [0.2, 0.25) is 11.3 Å². The normalized spacial score (nSPS) is 14.4. The maximum Gasteiger partial charge on any atom is 0.229 e. The van der Waals surface area contributed by atoms with Crippen LogP contribution in [-0.2, 0) is 11.3 Å². The van der Waals surface area contributed by atoms with Gasteiger partial charge in [-0.2, -0.15) is 0 Å². The van der Waals surface area contributed by atoms with Crippen LogP contribution >= 0.6 is 11.1 Å².